The number of ether oxygens (including phenoxy) is 2. The molecule has 0 aliphatic carbocycles. The third-order valence-corrected chi connectivity index (χ3v) is 4.50. The van der Waals surface area contributed by atoms with Crippen molar-refractivity contribution in [2.24, 2.45) is 5.92 Å². The molecule has 0 bridgehead atoms. The number of ketones is 1. The normalized spacial score (nSPS) is 16.3. The maximum Gasteiger partial charge on any atom is 0.311 e. The zero-order valence-corrected chi connectivity index (χ0v) is 15.1. The van der Waals surface area contributed by atoms with Crippen LogP contribution in [0, 0.1) is 5.92 Å². The predicted molar refractivity (Wildman–Crippen MR) is 98.2 cm³/mol. The molecule has 1 aliphatic heterocycles. The minimum absolute atomic E-state index is 0.0834. The Kier molecular flexibility index (Phi) is 5.86. The van der Waals surface area contributed by atoms with Gasteiger partial charge in [-0.05, 0) is 17.7 Å². The lowest BCUT2D eigenvalue weighted by Crippen LogP contribution is -2.27. The lowest BCUT2D eigenvalue weighted by molar-refractivity contribution is -0.147. The number of carbonyl (C=O) groups is 3. The van der Waals surface area contributed by atoms with Crippen molar-refractivity contribution in [3.63, 3.8) is 0 Å². The van der Waals surface area contributed by atoms with E-state index >= 15 is 0 Å². The molecule has 0 unspecified atom stereocenters. The monoisotopic (exact) mass is 367 g/mol. The van der Waals surface area contributed by atoms with E-state index in [0.29, 0.717) is 24.4 Å². The molecule has 0 aromatic heterocycles. The molecule has 6 heteroatoms. The molecule has 1 fully saturated rings. The Bertz CT molecular complexity index is 833. The van der Waals surface area contributed by atoms with Crippen molar-refractivity contribution in [2.75, 3.05) is 20.3 Å². The van der Waals surface area contributed by atoms with E-state index in [0.717, 1.165) is 5.56 Å². The van der Waals surface area contributed by atoms with Crippen LogP contribution in [-0.4, -0.2) is 42.8 Å². The molecule has 0 spiro atoms. The van der Waals surface area contributed by atoms with Crippen LogP contribution in [0.25, 0.3) is 0 Å². The molecule has 0 N–H and O–H groups in total. The summed E-state index contributed by atoms with van der Waals surface area (Å²) in [4.78, 5) is 38.3. The Hall–Kier alpha value is -3.15. The minimum atomic E-state index is -0.542. The van der Waals surface area contributed by atoms with E-state index in [2.05, 4.69) is 0 Å². The third kappa shape index (κ3) is 4.73. The van der Waals surface area contributed by atoms with Crippen LogP contribution < -0.4 is 4.74 Å². The first kappa shape index (κ1) is 18.6. The summed E-state index contributed by atoms with van der Waals surface area (Å²) >= 11 is 0. The fourth-order valence-electron chi connectivity index (χ4n) is 3.02. The van der Waals surface area contributed by atoms with Gasteiger partial charge in [-0.3, -0.25) is 14.4 Å². The Morgan fingerprint density at radius 3 is 2.63 bits per heavy atom. The molecule has 1 saturated heterocycles. The minimum Gasteiger partial charge on any atom is -0.497 e. The van der Waals surface area contributed by atoms with E-state index in [1.807, 2.05) is 30.3 Å². The molecule has 2 aromatic carbocycles. The van der Waals surface area contributed by atoms with Gasteiger partial charge in [0.05, 0.1) is 13.0 Å². The van der Waals surface area contributed by atoms with Gasteiger partial charge in [0.25, 0.3) is 0 Å². The van der Waals surface area contributed by atoms with Crippen molar-refractivity contribution < 1.29 is 23.9 Å². The van der Waals surface area contributed by atoms with Crippen LogP contribution in [-0.2, 0) is 20.9 Å². The number of nitrogens with zero attached hydrogens (tertiary/aromatic N) is 1. The number of esters is 1. The maximum absolute atomic E-state index is 12.3. The Labute approximate surface area is 157 Å². The summed E-state index contributed by atoms with van der Waals surface area (Å²) in [5, 5.41) is 0. The highest BCUT2D eigenvalue weighted by Crippen LogP contribution is 2.21. The van der Waals surface area contributed by atoms with Gasteiger partial charge in [0.15, 0.2) is 12.4 Å². The van der Waals surface area contributed by atoms with Gasteiger partial charge in [0.2, 0.25) is 5.91 Å². The van der Waals surface area contributed by atoms with Crippen LogP contribution in [0.3, 0.4) is 0 Å². The molecule has 3 rings (SSSR count). The van der Waals surface area contributed by atoms with Gasteiger partial charge in [-0.1, -0.05) is 42.5 Å². The molecule has 140 valence electrons. The summed E-state index contributed by atoms with van der Waals surface area (Å²) in [7, 11) is 1.52. The summed E-state index contributed by atoms with van der Waals surface area (Å²) in [5.74, 6) is -0.896. The Morgan fingerprint density at radius 2 is 1.89 bits per heavy atom. The summed E-state index contributed by atoms with van der Waals surface area (Å²) in [5.41, 5.74) is 1.42. The van der Waals surface area contributed by atoms with Gasteiger partial charge < -0.3 is 14.4 Å². The van der Waals surface area contributed by atoms with E-state index in [1.165, 1.54) is 7.11 Å². The standard InChI is InChI=1S/C21H21NO5/c1-26-18-9-5-8-16(10-18)19(23)14-27-21(25)17-11-20(24)22(13-17)12-15-6-3-2-4-7-15/h2-10,17H,11-14H2,1H3/t17-/m1/s1. The second kappa shape index (κ2) is 8.49. The average Bonchev–Trinajstić information content (AvgIpc) is 3.07. The van der Waals surface area contributed by atoms with Gasteiger partial charge in [-0.15, -0.1) is 0 Å². The van der Waals surface area contributed by atoms with Gasteiger partial charge in [0.1, 0.15) is 5.75 Å². The number of Topliss-reactive ketones (excluding diaryl/α,β-unsaturated/α-hetero) is 1. The quantitative estimate of drug-likeness (QED) is 0.555. The van der Waals surface area contributed by atoms with Crippen LogP contribution in [0.4, 0.5) is 0 Å². The number of benzene rings is 2. The van der Waals surface area contributed by atoms with Crippen molar-refractivity contribution in [2.45, 2.75) is 13.0 Å². The highest BCUT2D eigenvalue weighted by atomic mass is 16.5. The van der Waals surface area contributed by atoms with E-state index < -0.39 is 11.9 Å². The van der Waals surface area contributed by atoms with Crippen molar-refractivity contribution in [1.82, 2.24) is 4.90 Å². The maximum atomic E-state index is 12.3. The van der Waals surface area contributed by atoms with E-state index in [9.17, 15) is 14.4 Å². The molecule has 27 heavy (non-hydrogen) atoms. The lowest BCUT2D eigenvalue weighted by atomic mass is 10.1. The van der Waals surface area contributed by atoms with Crippen molar-refractivity contribution >= 4 is 17.7 Å². The number of carbonyl (C=O) groups excluding carboxylic acids is 3. The fraction of sp³-hybridized carbons (Fsp3) is 0.286. The number of likely N-dealkylation sites (tertiary alicyclic amines) is 1. The molecular weight excluding hydrogens is 346 g/mol. The van der Waals surface area contributed by atoms with Crippen LogP contribution in [0.5, 0.6) is 5.75 Å². The second-order valence-corrected chi connectivity index (χ2v) is 6.42. The zero-order valence-electron chi connectivity index (χ0n) is 15.1. The van der Waals surface area contributed by atoms with Gasteiger partial charge in [-0.25, -0.2) is 0 Å². The van der Waals surface area contributed by atoms with Crippen LogP contribution in [0.15, 0.2) is 54.6 Å². The first-order valence-electron chi connectivity index (χ1n) is 8.72. The number of hydrogen-bond donors (Lipinski definition) is 0. The molecule has 1 heterocycles. The van der Waals surface area contributed by atoms with Crippen molar-refractivity contribution in [1.29, 1.82) is 0 Å². The summed E-state index contributed by atoms with van der Waals surface area (Å²) in [6.07, 6.45) is 0.110. The topological polar surface area (TPSA) is 72.9 Å². The smallest absolute Gasteiger partial charge is 0.311 e. The van der Waals surface area contributed by atoms with Gasteiger partial charge in [0, 0.05) is 25.1 Å². The van der Waals surface area contributed by atoms with Crippen LogP contribution >= 0.6 is 0 Å². The summed E-state index contributed by atoms with van der Waals surface area (Å²) in [6.45, 7) is 0.418. The molecule has 2 aromatic rings. The average molecular weight is 367 g/mol. The van der Waals surface area contributed by atoms with Crippen LogP contribution in [0.1, 0.15) is 22.3 Å². The van der Waals surface area contributed by atoms with Gasteiger partial charge in [-0.2, -0.15) is 0 Å². The van der Waals surface area contributed by atoms with Crippen LogP contribution in [0.2, 0.25) is 0 Å². The highest BCUT2D eigenvalue weighted by Gasteiger charge is 2.35. The molecule has 1 atom stereocenters. The zero-order chi connectivity index (χ0) is 19.2. The van der Waals surface area contributed by atoms with E-state index in [4.69, 9.17) is 9.47 Å². The highest BCUT2D eigenvalue weighted by molar-refractivity contribution is 5.98. The van der Waals surface area contributed by atoms with Crippen molar-refractivity contribution in [3.8, 4) is 5.75 Å². The molecule has 1 aliphatic rings. The molecule has 6 nitrogen and oxygen atoms in total. The largest absolute Gasteiger partial charge is 0.497 e. The summed E-state index contributed by atoms with van der Waals surface area (Å²) < 4.78 is 10.2. The second-order valence-electron chi connectivity index (χ2n) is 6.42. The third-order valence-electron chi connectivity index (χ3n) is 4.50. The van der Waals surface area contributed by atoms with E-state index in [1.54, 1.807) is 29.2 Å². The summed E-state index contributed by atoms with van der Waals surface area (Å²) in [6, 6.07) is 16.3. The Balaban J connectivity index is 1.52. The number of rotatable bonds is 7. The SMILES string of the molecule is COc1cccc(C(=O)COC(=O)[C@@H]2CC(=O)N(Cc3ccccc3)C2)c1. The number of hydrogen-bond acceptors (Lipinski definition) is 5. The number of methoxy groups -OCH3 is 1. The van der Waals surface area contributed by atoms with Crippen molar-refractivity contribution in [3.05, 3.63) is 65.7 Å². The lowest BCUT2D eigenvalue weighted by Gasteiger charge is -2.16. The molecular formula is C21H21NO5. The first-order chi connectivity index (χ1) is 13.1. The molecule has 0 saturated carbocycles. The fourth-order valence-corrected chi connectivity index (χ4v) is 3.02. The van der Waals surface area contributed by atoms with E-state index in [-0.39, 0.29) is 24.7 Å². The predicted octanol–water partition coefficient (Wildman–Crippen LogP) is 2.47. The molecule has 1 amide bonds. The molecule has 0 radical (unpaired) electrons. The van der Waals surface area contributed by atoms with Gasteiger partial charge >= 0.3 is 5.97 Å². The number of amides is 1. The first-order valence-corrected chi connectivity index (χ1v) is 8.72. The Morgan fingerprint density at radius 1 is 1.11 bits per heavy atom.